The molecule has 2 N–H and O–H groups in total. The molecule has 0 aliphatic heterocycles. The van der Waals surface area contributed by atoms with Gasteiger partial charge in [0.1, 0.15) is 5.92 Å². The Morgan fingerprint density at radius 3 is 2.28 bits per heavy atom. The Morgan fingerprint density at radius 1 is 1.28 bits per heavy atom. The van der Waals surface area contributed by atoms with Crippen molar-refractivity contribution in [2.45, 2.75) is 45.7 Å². The van der Waals surface area contributed by atoms with Gasteiger partial charge in [0, 0.05) is 6.61 Å². The van der Waals surface area contributed by atoms with Crippen molar-refractivity contribution < 1.29 is 17.9 Å². The molecule has 0 fully saturated rings. The number of hydrogen-bond acceptors (Lipinski definition) is 2. The molecule has 6 heteroatoms. The Hall–Kier alpha value is -0.360. The molecule has 2 unspecified atom stereocenters. The van der Waals surface area contributed by atoms with E-state index in [1.807, 2.05) is 6.92 Å². The van der Waals surface area contributed by atoms with Crippen LogP contribution in [0.15, 0.2) is 0 Å². The SMILES string of the molecule is CCCCC(CC)COCC(C(N)=S)C(F)(F)F. The largest absolute Gasteiger partial charge is 0.400 e. The summed E-state index contributed by atoms with van der Waals surface area (Å²) in [6, 6.07) is 0. The van der Waals surface area contributed by atoms with E-state index >= 15 is 0 Å². The van der Waals surface area contributed by atoms with E-state index in [0.29, 0.717) is 12.5 Å². The average molecular weight is 285 g/mol. The quantitative estimate of drug-likeness (QED) is 0.656. The first-order valence-corrected chi connectivity index (χ1v) is 6.67. The maximum atomic E-state index is 12.5. The lowest BCUT2D eigenvalue weighted by atomic mass is 10.0. The van der Waals surface area contributed by atoms with Crippen LogP contribution in [0, 0.1) is 11.8 Å². The number of halogens is 3. The summed E-state index contributed by atoms with van der Waals surface area (Å²) in [5.41, 5.74) is 5.08. The molecular formula is C12H22F3NOS. The molecule has 0 amide bonds. The molecule has 0 aliphatic rings. The zero-order valence-corrected chi connectivity index (χ0v) is 11.7. The molecule has 0 aromatic heterocycles. The smallest absolute Gasteiger partial charge is 0.393 e. The topological polar surface area (TPSA) is 35.2 Å². The molecule has 108 valence electrons. The van der Waals surface area contributed by atoms with Gasteiger partial charge in [0.05, 0.1) is 11.6 Å². The molecule has 0 saturated heterocycles. The third-order valence-electron chi connectivity index (χ3n) is 2.92. The van der Waals surface area contributed by atoms with Crippen molar-refractivity contribution in [2.24, 2.45) is 17.6 Å². The van der Waals surface area contributed by atoms with Gasteiger partial charge in [0.15, 0.2) is 0 Å². The molecule has 0 bridgehead atoms. The van der Waals surface area contributed by atoms with Crippen LogP contribution >= 0.6 is 12.2 Å². The van der Waals surface area contributed by atoms with E-state index in [4.69, 9.17) is 10.5 Å². The molecular weight excluding hydrogens is 263 g/mol. The molecule has 0 radical (unpaired) electrons. The highest BCUT2D eigenvalue weighted by atomic mass is 32.1. The lowest BCUT2D eigenvalue weighted by Gasteiger charge is -2.21. The minimum absolute atomic E-state index is 0.310. The maximum absolute atomic E-state index is 12.5. The van der Waals surface area contributed by atoms with E-state index in [-0.39, 0.29) is 0 Å². The van der Waals surface area contributed by atoms with Crippen molar-refractivity contribution in [2.75, 3.05) is 13.2 Å². The molecule has 0 saturated carbocycles. The van der Waals surface area contributed by atoms with Crippen molar-refractivity contribution in [3.8, 4) is 0 Å². The number of thiocarbonyl (C=S) groups is 1. The summed E-state index contributed by atoms with van der Waals surface area (Å²) in [4.78, 5) is -0.552. The Balaban J connectivity index is 4.09. The Morgan fingerprint density at radius 2 is 1.89 bits per heavy atom. The predicted molar refractivity (Wildman–Crippen MR) is 70.5 cm³/mol. The monoisotopic (exact) mass is 285 g/mol. The van der Waals surface area contributed by atoms with Crippen molar-refractivity contribution in [3.63, 3.8) is 0 Å². The van der Waals surface area contributed by atoms with Gasteiger partial charge in [-0.2, -0.15) is 13.2 Å². The minimum atomic E-state index is -4.42. The molecule has 0 aromatic rings. The van der Waals surface area contributed by atoms with Crippen LogP contribution in [-0.2, 0) is 4.74 Å². The van der Waals surface area contributed by atoms with Crippen LogP contribution in [0.25, 0.3) is 0 Å². The normalized spacial score (nSPS) is 15.4. The van der Waals surface area contributed by atoms with Crippen molar-refractivity contribution >= 4 is 17.2 Å². The van der Waals surface area contributed by atoms with E-state index in [1.54, 1.807) is 0 Å². The Bertz CT molecular complexity index is 246. The highest BCUT2D eigenvalue weighted by Crippen LogP contribution is 2.27. The van der Waals surface area contributed by atoms with Crippen LogP contribution in [-0.4, -0.2) is 24.4 Å². The molecule has 0 heterocycles. The summed E-state index contributed by atoms with van der Waals surface area (Å²) in [6.07, 6.45) is -0.383. The van der Waals surface area contributed by atoms with Crippen LogP contribution in [0.5, 0.6) is 0 Å². The van der Waals surface area contributed by atoms with Crippen LogP contribution in [0.4, 0.5) is 13.2 Å². The van der Waals surface area contributed by atoms with Gasteiger partial charge in [-0.25, -0.2) is 0 Å². The lowest BCUT2D eigenvalue weighted by Crippen LogP contribution is -2.38. The summed E-state index contributed by atoms with van der Waals surface area (Å²) in [7, 11) is 0. The lowest BCUT2D eigenvalue weighted by molar-refractivity contribution is -0.168. The molecule has 18 heavy (non-hydrogen) atoms. The van der Waals surface area contributed by atoms with E-state index in [9.17, 15) is 13.2 Å². The van der Waals surface area contributed by atoms with Gasteiger partial charge >= 0.3 is 6.18 Å². The van der Waals surface area contributed by atoms with Gasteiger partial charge in [0.2, 0.25) is 0 Å². The number of ether oxygens (including phenoxy) is 1. The number of unbranched alkanes of at least 4 members (excludes halogenated alkanes) is 1. The Labute approximate surface area is 112 Å². The fourth-order valence-corrected chi connectivity index (χ4v) is 1.79. The first-order chi connectivity index (χ1) is 8.32. The maximum Gasteiger partial charge on any atom is 0.400 e. The first kappa shape index (κ1) is 17.6. The van der Waals surface area contributed by atoms with Crippen molar-refractivity contribution in [1.29, 1.82) is 0 Å². The van der Waals surface area contributed by atoms with Gasteiger partial charge in [-0.05, 0) is 12.3 Å². The van der Waals surface area contributed by atoms with Crippen molar-refractivity contribution in [1.82, 2.24) is 0 Å². The van der Waals surface area contributed by atoms with E-state index in [1.165, 1.54) is 0 Å². The van der Waals surface area contributed by atoms with Crippen LogP contribution in [0.2, 0.25) is 0 Å². The molecule has 0 aliphatic carbocycles. The summed E-state index contributed by atoms with van der Waals surface area (Å²) < 4.78 is 42.7. The summed E-state index contributed by atoms with van der Waals surface area (Å²) in [5, 5.41) is 0. The zero-order chi connectivity index (χ0) is 14.2. The molecule has 0 aromatic carbocycles. The van der Waals surface area contributed by atoms with E-state index < -0.39 is 23.7 Å². The minimum Gasteiger partial charge on any atom is -0.393 e. The first-order valence-electron chi connectivity index (χ1n) is 6.26. The second-order valence-electron chi connectivity index (χ2n) is 4.45. The van der Waals surface area contributed by atoms with E-state index in [2.05, 4.69) is 19.1 Å². The Kier molecular flexibility index (Phi) is 8.52. The highest BCUT2D eigenvalue weighted by Gasteiger charge is 2.41. The molecule has 2 atom stereocenters. The third-order valence-corrected chi connectivity index (χ3v) is 3.20. The predicted octanol–water partition coefficient (Wildman–Crippen LogP) is 3.68. The van der Waals surface area contributed by atoms with Gasteiger partial charge in [-0.15, -0.1) is 0 Å². The summed E-state index contributed by atoms with van der Waals surface area (Å²) >= 11 is 4.42. The zero-order valence-electron chi connectivity index (χ0n) is 10.9. The highest BCUT2D eigenvalue weighted by molar-refractivity contribution is 7.80. The summed E-state index contributed by atoms with van der Waals surface area (Å²) in [5.74, 6) is -1.53. The van der Waals surface area contributed by atoms with Gasteiger partial charge in [-0.3, -0.25) is 0 Å². The average Bonchev–Trinajstić information content (AvgIpc) is 2.25. The summed E-state index contributed by atoms with van der Waals surface area (Å²) in [6.45, 7) is 3.96. The molecule has 2 nitrogen and oxygen atoms in total. The third kappa shape index (κ3) is 7.16. The second kappa shape index (κ2) is 8.69. The molecule has 0 spiro atoms. The van der Waals surface area contributed by atoms with Gasteiger partial charge in [0.25, 0.3) is 0 Å². The van der Waals surface area contributed by atoms with Crippen LogP contribution in [0.1, 0.15) is 39.5 Å². The van der Waals surface area contributed by atoms with Crippen molar-refractivity contribution in [3.05, 3.63) is 0 Å². The fourth-order valence-electron chi connectivity index (χ4n) is 1.59. The van der Waals surface area contributed by atoms with Gasteiger partial charge in [-0.1, -0.05) is 45.3 Å². The van der Waals surface area contributed by atoms with Crippen LogP contribution in [0.3, 0.4) is 0 Å². The number of alkyl halides is 3. The second-order valence-corrected chi connectivity index (χ2v) is 4.92. The molecule has 0 rings (SSSR count). The van der Waals surface area contributed by atoms with E-state index in [0.717, 1.165) is 25.7 Å². The van der Waals surface area contributed by atoms with Gasteiger partial charge < -0.3 is 10.5 Å². The number of rotatable bonds is 9. The van der Waals surface area contributed by atoms with Crippen LogP contribution < -0.4 is 5.73 Å². The standard InChI is InChI=1S/C12H22F3NOS/c1-3-5-6-9(4-2)7-17-8-10(11(16)18)12(13,14)15/h9-10H,3-8H2,1-2H3,(H2,16,18). The number of hydrogen-bond donors (Lipinski definition) is 1. The number of nitrogens with two attached hydrogens (primary N) is 1. The fraction of sp³-hybridized carbons (Fsp3) is 0.917.